The molecule has 2 rings (SSSR count). The van der Waals surface area contributed by atoms with Crippen LogP contribution in [0.25, 0.3) is 6.08 Å². The summed E-state index contributed by atoms with van der Waals surface area (Å²) in [6, 6.07) is 8.99. The first-order valence-electron chi connectivity index (χ1n) is 8.18. The lowest BCUT2D eigenvalue weighted by molar-refractivity contribution is -0.383. The maximum atomic E-state index is 12.5. The molecule has 0 spiro atoms. The van der Waals surface area contributed by atoms with Gasteiger partial charge in [0.25, 0.3) is 11.6 Å². The monoisotopic (exact) mass is 527 g/mol. The van der Waals surface area contributed by atoms with E-state index in [4.69, 9.17) is 21.1 Å². The molecule has 0 saturated heterocycles. The number of hydrogen-bond acceptors (Lipinski definition) is 6. The van der Waals surface area contributed by atoms with E-state index in [1.807, 2.05) is 13.0 Å². The number of amides is 1. The van der Waals surface area contributed by atoms with Crippen LogP contribution in [-0.4, -0.2) is 24.5 Å². The van der Waals surface area contributed by atoms with Gasteiger partial charge in [-0.25, -0.2) is 0 Å². The van der Waals surface area contributed by atoms with Gasteiger partial charge in [0.2, 0.25) is 0 Å². The van der Waals surface area contributed by atoms with Gasteiger partial charge >= 0.3 is 0 Å². The van der Waals surface area contributed by atoms with Crippen LogP contribution in [0.4, 0.5) is 11.4 Å². The summed E-state index contributed by atoms with van der Waals surface area (Å²) in [6.45, 7) is 2.23. The molecule has 0 aliphatic rings. The molecule has 0 atom stereocenters. The van der Waals surface area contributed by atoms with Crippen molar-refractivity contribution in [1.82, 2.24) is 0 Å². The van der Waals surface area contributed by atoms with Gasteiger partial charge in [0.15, 0.2) is 11.5 Å². The molecule has 0 aromatic heterocycles. The molecule has 0 fully saturated rings. The number of nitro groups is 1. The van der Waals surface area contributed by atoms with E-state index in [1.165, 1.54) is 25.3 Å². The highest BCUT2D eigenvalue weighted by Crippen LogP contribution is 2.34. The number of halogens is 2. The Hall–Kier alpha value is -2.84. The largest absolute Gasteiger partial charge is 0.492 e. The maximum absolute atomic E-state index is 12.5. The number of methoxy groups -OCH3 is 1. The lowest BCUT2D eigenvalue weighted by Crippen LogP contribution is -2.14. The molecule has 1 amide bonds. The number of hydrogen-bond donors (Lipinski definition) is 1. The number of nitro benzene ring substituents is 1. The maximum Gasteiger partial charge on any atom is 0.294 e. The molecule has 0 saturated carbocycles. The standard InChI is InChI=1S/C19H15ClIN3O5/c1-3-29-17-8-11(7-14(21)18(17)28-2)6-12(10-22)19(25)23-15-5-4-13(20)9-16(15)24(26)27/h4-9H,3H2,1-2H3,(H,23,25)/b12-6+. The van der Waals surface area contributed by atoms with Gasteiger partial charge in [-0.1, -0.05) is 11.6 Å². The van der Waals surface area contributed by atoms with Crippen molar-refractivity contribution < 1.29 is 19.2 Å². The number of carbonyl (C=O) groups excluding carboxylic acids is 1. The van der Waals surface area contributed by atoms with Crippen molar-refractivity contribution in [2.75, 3.05) is 19.0 Å². The van der Waals surface area contributed by atoms with E-state index in [0.29, 0.717) is 23.7 Å². The van der Waals surface area contributed by atoms with E-state index in [0.717, 1.165) is 9.64 Å². The van der Waals surface area contributed by atoms with Crippen LogP contribution < -0.4 is 14.8 Å². The average Bonchev–Trinajstić information content (AvgIpc) is 2.67. The Morgan fingerprint density at radius 3 is 2.72 bits per heavy atom. The number of nitrogens with zero attached hydrogens (tertiary/aromatic N) is 2. The molecule has 2 aromatic rings. The summed E-state index contributed by atoms with van der Waals surface area (Å²) in [5.74, 6) is 0.227. The van der Waals surface area contributed by atoms with E-state index in [2.05, 4.69) is 27.9 Å². The van der Waals surface area contributed by atoms with Gasteiger partial charge < -0.3 is 14.8 Å². The lowest BCUT2D eigenvalue weighted by atomic mass is 10.1. The van der Waals surface area contributed by atoms with Crippen LogP contribution in [0.5, 0.6) is 11.5 Å². The van der Waals surface area contributed by atoms with Crippen LogP contribution >= 0.6 is 34.2 Å². The second kappa shape index (κ2) is 10.1. The third-order valence-corrected chi connectivity index (χ3v) is 4.65. The fraction of sp³-hybridized carbons (Fsp3) is 0.158. The van der Waals surface area contributed by atoms with E-state index >= 15 is 0 Å². The number of carbonyl (C=O) groups is 1. The van der Waals surface area contributed by atoms with Gasteiger partial charge in [-0.2, -0.15) is 5.26 Å². The molecule has 150 valence electrons. The molecule has 0 unspecified atom stereocenters. The summed E-state index contributed by atoms with van der Waals surface area (Å²) in [5, 5.41) is 23.1. The van der Waals surface area contributed by atoms with E-state index in [1.54, 1.807) is 12.1 Å². The average molecular weight is 528 g/mol. The van der Waals surface area contributed by atoms with Crippen LogP contribution in [-0.2, 0) is 4.79 Å². The van der Waals surface area contributed by atoms with Gasteiger partial charge in [-0.3, -0.25) is 14.9 Å². The molecule has 2 aromatic carbocycles. The summed E-state index contributed by atoms with van der Waals surface area (Å²) in [4.78, 5) is 23.0. The van der Waals surface area contributed by atoms with Crippen molar-refractivity contribution in [3.8, 4) is 17.6 Å². The second-order valence-corrected chi connectivity index (χ2v) is 7.11. The zero-order valence-electron chi connectivity index (χ0n) is 15.4. The van der Waals surface area contributed by atoms with Crippen molar-refractivity contribution >= 4 is 57.5 Å². The van der Waals surface area contributed by atoms with Crippen molar-refractivity contribution in [1.29, 1.82) is 5.26 Å². The van der Waals surface area contributed by atoms with Crippen LogP contribution in [0.1, 0.15) is 12.5 Å². The second-order valence-electron chi connectivity index (χ2n) is 5.51. The van der Waals surface area contributed by atoms with Gasteiger partial charge in [-0.05, 0) is 65.4 Å². The topological polar surface area (TPSA) is 114 Å². The Labute approximate surface area is 185 Å². The van der Waals surface area contributed by atoms with Crippen LogP contribution in [0.2, 0.25) is 5.02 Å². The SMILES string of the molecule is CCOc1cc(/C=C(\C#N)C(=O)Nc2ccc(Cl)cc2[N+](=O)[O-])cc(I)c1OC. The lowest BCUT2D eigenvalue weighted by Gasteiger charge is -2.12. The third-order valence-electron chi connectivity index (χ3n) is 3.62. The molecule has 0 bridgehead atoms. The highest BCUT2D eigenvalue weighted by Gasteiger charge is 2.19. The predicted molar refractivity (Wildman–Crippen MR) is 117 cm³/mol. The molecule has 29 heavy (non-hydrogen) atoms. The Balaban J connectivity index is 2.39. The van der Waals surface area contributed by atoms with E-state index in [9.17, 15) is 20.2 Å². The number of rotatable bonds is 7. The first-order chi connectivity index (χ1) is 13.8. The first kappa shape index (κ1) is 22.4. The molecule has 10 heteroatoms. The molecule has 0 heterocycles. The number of benzene rings is 2. The number of nitrogens with one attached hydrogen (secondary N) is 1. The minimum Gasteiger partial charge on any atom is -0.492 e. The molecular weight excluding hydrogens is 513 g/mol. The van der Waals surface area contributed by atoms with Gasteiger partial charge in [0, 0.05) is 11.1 Å². The summed E-state index contributed by atoms with van der Waals surface area (Å²) in [5.41, 5.74) is -0.140. The first-order valence-corrected chi connectivity index (χ1v) is 9.63. The van der Waals surface area contributed by atoms with Crippen LogP contribution in [0, 0.1) is 25.0 Å². The van der Waals surface area contributed by atoms with Crippen LogP contribution in [0.3, 0.4) is 0 Å². The van der Waals surface area contributed by atoms with Crippen LogP contribution in [0.15, 0.2) is 35.9 Å². The number of anilines is 1. The molecule has 0 aliphatic carbocycles. The summed E-state index contributed by atoms with van der Waals surface area (Å²) < 4.78 is 11.6. The zero-order chi connectivity index (χ0) is 21.6. The molecule has 8 nitrogen and oxygen atoms in total. The minimum atomic E-state index is -0.790. The Bertz CT molecular complexity index is 1030. The zero-order valence-corrected chi connectivity index (χ0v) is 18.3. The fourth-order valence-electron chi connectivity index (χ4n) is 2.40. The number of ether oxygens (including phenoxy) is 2. The molecule has 1 N–H and O–H groups in total. The third kappa shape index (κ3) is 5.58. The smallest absolute Gasteiger partial charge is 0.294 e. The highest BCUT2D eigenvalue weighted by atomic mass is 127. The Morgan fingerprint density at radius 1 is 1.41 bits per heavy atom. The highest BCUT2D eigenvalue weighted by molar-refractivity contribution is 14.1. The summed E-state index contributed by atoms with van der Waals surface area (Å²) in [6.07, 6.45) is 1.36. The summed E-state index contributed by atoms with van der Waals surface area (Å²) >= 11 is 7.83. The van der Waals surface area contributed by atoms with Crippen molar-refractivity contribution in [3.05, 3.63) is 60.2 Å². The normalized spacial score (nSPS) is 10.8. The van der Waals surface area contributed by atoms with E-state index in [-0.39, 0.29) is 22.0 Å². The molecular formula is C19H15ClIN3O5. The Kier molecular flexibility index (Phi) is 7.81. The van der Waals surface area contributed by atoms with Crippen molar-refractivity contribution in [2.24, 2.45) is 0 Å². The van der Waals surface area contributed by atoms with Gasteiger partial charge in [0.05, 0.1) is 22.2 Å². The molecule has 0 aliphatic heterocycles. The minimum absolute atomic E-state index is 0.0649. The van der Waals surface area contributed by atoms with Gasteiger partial charge in [-0.15, -0.1) is 0 Å². The predicted octanol–water partition coefficient (Wildman–Crippen LogP) is 4.81. The van der Waals surface area contributed by atoms with Crippen molar-refractivity contribution in [3.63, 3.8) is 0 Å². The van der Waals surface area contributed by atoms with Gasteiger partial charge in [0.1, 0.15) is 17.3 Å². The molecule has 0 radical (unpaired) electrons. The quantitative estimate of drug-likeness (QED) is 0.182. The number of nitriles is 1. The fourth-order valence-corrected chi connectivity index (χ4v) is 3.41. The summed E-state index contributed by atoms with van der Waals surface area (Å²) in [7, 11) is 1.52. The van der Waals surface area contributed by atoms with E-state index < -0.39 is 10.8 Å². The van der Waals surface area contributed by atoms with Crippen molar-refractivity contribution in [2.45, 2.75) is 6.92 Å². The Morgan fingerprint density at radius 2 is 2.14 bits per heavy atom.